The molecule has 24 heavy (non-hydrogen) atoms. The molecule has 0 aliphatic carbocycles. The first kappa shape index (κ1) is 16.5. The Morgan fingerprint density at radius 3 is 1.83 bits per heavy atom. The van der Waals surface area contributed by atoms with Gasteiger partial charge in [-0.05, 0) is 60.9 Å². The smallest absolute Gasteiger partial charge is 0.0146 e. The lowest BCUT2D eigenvalue weighted by molar-refractivity contribution is 0.960. The highest BCUT2D eigenvalue weighted by molar-refractivity contribution is 5.72. The largest absolute Gasteiger partial charge is 0.0622 e. The Bertz CT molecular complexity index is 813. The summed E-state index contributed by atoms with van der Waals surface area (Å²) >= 11 is 0. The third-order valence-corrected chi connectivity index (χ3v) is 4.73. The molecular formula is C24H26. The van der Waals surface area contributed by atoms with Crippen molar-refractivity contribution in [3.05, 3.63) is 94.5 Å². The maximum Gasteiger partial charge on any atom is -0.0146 e. The van der Waals surface area contributed by atoms with Crippen molar-refractivity contribution < 1.29 is 0 Å². The molecule has 0 heterocycles. The van der Waals surface area contributed by atoms with E-state index in [0.717, 1.165) is 19.3 Å². The van der Waals surface area contributed by atoms with Crippen LogP contribution in [-0.4, -0.2) is 0 Å². The normalized spacial score (nSPS) is 10.8. The predicted molar refractivity (Wildman–Crippen MR) is 105 cm³/mol. The molecule has 0 radical (unpaired) electrons. The molecule has 0 amide bonds. The van der Waals surface area contributed by atoms with Crippen LogP contribution < -0.4 is 0 Å². The summed E-state index contributed by atoms with van der Waals surface area (Å²) in [6, 6.07) is 24.5. The summed E-state index contributed by atoms with van der Waals surface area (Å²) < 4.78 is 0. The molecule has 3 rings (SSSR count). The van der Waals surface area contributed by atoms with Gasteiger partial charge in [-0.25, -0.2) is 0 Å². The highest BCUT2D eigenvalue weighted by Gasteiger charge is 2.10. The maximum absolute atomic E-state index is 2.36. The van der Waals surface area contributed by atoms with Gasteiger partial charge in [-0.3, -0.25) is 0 Å². The quantitative estimate of drug-likeness (QED) is 0.517. The molecule has 0 aromatic heterocycles. The second kappa shape index (κ2) is 7.49. The van der Waals surface area contributed by atoms with E-state index in [2.05, 4.69) is 87.5 Å². The average Bonchev–Trinajstić information content (AvgIpc) is 2.61. The number of aryl methyl sites for hydroxylation is 5. The summed E-state index contributed by atoms with van der Waals surface area (Å²) in [5.74, 6) is 0. The van der Waals surface area contributed by atoms with Gasteiger partial charge in [0.1, 0.15) is 0 Å². The molecule has 0 saturated heterocycles. The standard InChI is InChI=1S/C24H26/c1-4-21-13-10-18(2)16-23(21)24-17-19(3)11-14-22(24)15-12-20-8-6-5-7-9-20/h5-11,13-14,16-17H,4,12,15H2,1-3H3. The van der Waals surface area contributed by atoms with Gasteiger partial charge in [0.25, 0.3) is 0 Å². The minimum Gasteiger partial charge on any atom is -0.0622 e. The number of hydrogen-bond acceptors (Lipinski definition) is 0. The van der Waals surface area contributed by atoms with Gasteiger partial charge in [0.15, 0.2) is 0 Å². The summed E-state index contributed by atoms with van der Waals surface area (Å²) in [5.41, 5.74) is 9.77. The molecule has 0 aliphatic rings. The Hall–Kier alpha value is -2.34. The molecule has 0 unspecified atom stereocenters. The van der Waals surface area contributed by atoms with E-state index in [0.29, 0.717) is 0 Å². The molecule has 0 heteroatoms. The molecular weight excluding hydrogens is 288 g/mol. The molecule has 0 spiro atoms. The Labute approximate surface area is 146 Å². The lowest BCUT2D eigenvalue weighted by Crippen LogP contribution is -1.98. The summed E-state index contributed by atoms with van der Waals surface area (Å²) in [6.07, 6.45) is 3.24. The Kier molecular flexibility index (Phi) is 5.15. The lowest BCUT2D eigenvalue weighted by atomic mass is 9.89. The molecule has 0 bridgehead atoms. The van der Waals surface area contributed by atoms with Gasteiger partial charge >= 0.3 is 0 Å². The third-order valence-electron chi connectivity index (χ3n) is 4.73. The fourth-order valence-corrected chi connectivity index (χ4v) is 3.33. The van der Waals surface area contributed by atoms with Gasteiger partial charge in [0, 0.05) is 0 Å². The highest BCUT2D eigenvalue weighted by atomic mass is 14.1. The maximum atomic E-state index is 2.36. The molecule has 0 fully saturated rings. The zero-order chi connectivity index (χ0) is 16.9. The van der Waals surface area contributed by atoms with Crippen molar-refractivity contribution in [1.82, 2.24) is 0 Å². The number of hydrogen-bond donors (Lipinski definition) is 0. The van der Waals surface area contributed by atoms with Crippen LogP contribution in [0.4, 0.5) is 0 Å². The van der Waals surface area contributed by atoms with Crippen LogP contribution in [0.1, 0.15) is 34.7 Å². The van der Waals surface area contributed by atoms with Crippen LogP contribution >= 0.6 is 0 Å². The fraction of sp³-hybridized carbons (Fsp3) is 0.250. The van der Waals surface area contributed by atoms with E-state index in [1.165, 1.54) is 38.9 Å². The number of rotatable bonds is 5. The second-order valence-corrected chi connectivity index (χ2v) is 6.66. The van der Waals surface area contributed by atoms with E-state index in [1.54, 1.807) is 0 Å². The molecule has 0 saturated carbocycles. The van der Waals surface area contributed by atoms with Crippen molar-refractivity contribution in [2.24, 2.45) is 0 Å². The zero-order valence-electron chi connectivity index (χ0n) is 15.0. The van der Waals surface area contributed by atoms with Crippen LogP contribution in [0.25, 0.3) is 11.1 Å². The monoisotopic (exact) mass is 314 g/mol. The Morgan fingerprint density at radius 1 is 0.625 bits per heavy atom. The van der Waals surface area contributed by atoms with Crippen molar-refractivity contribution in [1.29, 1.82) is 0 Å². The molecule has 122 valence electrons. The van der Waals surface area contributed by atoms with Crippen LogP contribution in [0.2, 0.25) is 0 Å². The molecule has 0 N–H and O–H groups in total. The minimum absolute atomic E-state index is 1.07. The molecule has 3 aromatic rings. The lowest BCUT2D eigenvalue weighted by Gasteiger charge is -2.15. The molecule has 0 nitrogen and oxygen atoms in total. The zero-order valence-corrected chi connectivity index (χ0v) is 15.0. The number of benzene rings is 3. The van der Waals surface area contributed by atoms with E-state index in [-0.39, 0.29) is 0 Å². The van der Waals surface area contributed by atoms with E-state index in [4.69, 9.17) is 0 Å². The predicted octanol–water partition coefficient (Wildman–Crippen LogP) is 6.32. The third kappa shape index (κ3) is 3.76. The molecule has 0 aliphatic heterocycles. The van der Waals surface area contributed by atoms with Crippen LogP contribution in [-0.2, 0) is 19.3 Å². The van der Waals surface area contributed by atoms with Gasteiger partial charge in [0.2, 0.25) is 0 Å². The van der Waals surface area contributed by atoms with E-state index >= 15 is 0 Å². The van der Waals surface area contributed by atoms with E-state index in [9.17, 15) is 0 Å². The SMILES string of the molecule is CCc1ccc(C)cc1-c1cc(C)ccc1CCc1ccccc1. The van der Waals surface area contributed by atoms with Gasteiger partial charge in [-0.1, -0.05) is 84.8 Å². The van der Waals surface area contributed by atoms with Gasteiger partial charge in [0.05, 0.1) is 0 Å². The van der Waals surface area contributed by atoms with Crippen LogP contribution in [0.15, 0.2) is 66.7 Å². The van der Waals surface area contributed by atoms with Crippen molar-refractivity contribution in [3.63, 3.8) is 0 Å². The van der Waals surface area contributed by atoms with Crippen LogP contribution in [0.3, 0.4) is 0 Å². The van der Waals surface area contributed by atoms with Crippen LogP contribution in [0, 0.1) is 13.8 Å². The van der Waals surface area contributed by atoms with Crippen molar-refractivity contribution >= 4 is 0 Å². The average molecular weight is 314 g/mol. The van der Waals surface area contributed by atoms with E-state index in [1.807, 2.05) is 0 Å². The first-order valence-electron chi connectivity index (χ1n) is 8.90. The highest BCUT2D eigenvalue weighted by Crippen LogP contribution is 2.30. The second-order valence-electron chi connectivity index (χ2n) is 6.66. The van der Waals surface area contributed by atoms with Crippen molar-refractivity contribution in [2.45, 2.75) is 40.0 Å². The first-order chi connectivity index (χ1) is 11.7. The van der Waals surface area contributed by atoms with Gasteiger partial charge in [-0.2, -0.15) is 0 Å². The molecule has 3 aromatic carbocycles. The fourth-order valence-electron chi connectivity index (χ4n) is 3.33. The topological polar surface area (TPSA) is 0 Å². The van der Waals surface area contributed by atoms with Crippen molar-refractivity contribution in [3.8, 4) is 11.1 Å². The van der Waals surface area contributed by atoms with Crippen molar-refractivity contribution in [2.75, 3.05) is 0 Å². The van der Waals surface area contributed by atoms with E-state index < -0.39 is 0 Å². The summed E-state index contributed by atoms with van der Waals surface area (Å²) in [6.45, 7) is 6.61. The van der Waals surface area contributed by atoms with Crippen LogP contribution in [0.5, 0.6) is 0 Å². The minimum atomic E-state index is 1.07. The molecule has 0 atom stereocenters. The Morgan fingerprint density at radius 2 is 1.21 bits per heavy atom. The van der Waals surface area contributed by atoms with Gasteiger partial charge in [-0.15, -0.1) is 0 Å². The Balaban J connectivity index is 1.98. The summed E-state index contributed by atoms with van der Waals surface area (Å²) in [5, 5.41) is 0. The first-order valence-corrected chi connectivity index (χ1v) is 8.90. The summed E-state index contributed by atoms with van der Waals surface area (Å²) in [7, 11) is 0. The van der Waals surface area contributed by atoms with Gasteiger partial charge < -0.3 is 0 Å². The summed E-state index contributed by atoms with van der Waals surface area (Å²) in [4.78, 5) is 0.